The molecule has 0 aliphatic heterocycles. The monoisotopic (exact) mass is 315 g/mol. The molecule has 0 atom stereocenters. The molecule has 0 aliphatic carbocycles. The molecule has 0 aromatic heterocycles. The van der Waals surface area contributed by atoms with Crippen LogP contribution in [0, 0.1) is 11.3 Å². The summed E-state index contributed by atoms with van der Waals surface area (Å²) in [7, 11) is 1.62. The highest BCUT2D eigenvalue weighted by atomic mass is 16.5. The molecule has 0 saturated heterocycles. The minimum absolute atomic E-state index is 0.507. The fourth-order valence-electron chi connectivity index (χ4n) is 2.48. The van der Waals surface area contributed by atoms with Gasteiger partial charge in [-0.2, -0.15) is 5.26 Å². The lowest BCUT2D eigenvalue weighted by molar-refractivity contribution is 0.306. The van der Waals surface area contributed by atoms with Gasteiger partial charge in [0.1, 0.15) is 18.1 Å². The number of hydrogen-bond donors (Lipinski definition) is 0. The second kappa shape index (κ2) is 7.34. The molecule has 3 aromatic carbocycles. The first-order valence-corrected chi connectivity index (χ1v) is 7.65. The first-order chi connectivity index (χ1) is 11.8. The van der Waals surface area contributed by atoms with Crippen LogP contribution in [0.4, 0.5) is 0 Å². The maximum Gasteiger partial charge on any atom is 0.120 e. The van der Waals surface area contributed by atoms with Gasteiger partial charge >= 0.3 is 0 Å². The predicted octanol–water partition coefficient (Wildman–Crippen LogP) is 4.81. The average Bonchev–Trinajstić information content (AvgIpc) is 2.67. The maximum absolute atomic E-state index is 9.34. The van der Waals surface area contributed by atoms with Crippen molar-refractivity contribution in [2.75, 3.05) is 7.11 Å². The molecule has 0 spiro atoms. The molecule has 3 nitrogen and oxygen atoms in total. The summed E-state index contributed by atoms with van der Waals surface area (Å²) in [6.07, 6.45) is 0. The fourth-order valence-corrected chi connectivity index (χ4v) is 2.48. The molecule has 3 rings (SSSR count). The van der Waals surface area contributed by atoms with E-state index in [-0.39, 0.29) is 0 Å². The molecule has 0 aliphatic rings. The third kappa shape index (κ3) is 3.56. The Labute approximate surface area is 141 Å². The number of ether oxygens (including phenoxy) is 2. The van der Waals surface area contributed by atoms with Crippen molar-refractivity contribution in [1.29, 1.82) is 5.26 Å². The molecule has 0 amide bonds. The lowest BCUT2D eigenvalue weighted by Crippen LogP contribution is -1.95. The fraction of sp³-hybridized carbons (Fsp3) is 0.0952. The molecular formula is C21H17NO2. The van der Waals surface area contributed by atoms with E-state index in [1.54, 1.807) is 19.2 Å². The van der Waals surface area contributed by atoms with Crippen LogP contribution in [0.1, 0.15) is 11.1 Å². The van der Waals surface area contributed by atoms with E-state index < -0.39 is 0 Å². The maximum atomic E-state index is 9.34. The largest absolute Gasteiger partial charge is 0.497 e. The molecule has 0 radical (unpaired) electrons. The summed E-state index contributed by atoms with van der Waals surface area (Å²) in [5.41, 5.74) is 3.48. The zero-order chi connectivity index (χ0) is 16.8. The zero-order valence-corrected chi connectivity index (χ0v) is 13.4. The molecule has 0 unspecified atom stereocenters. The van der Waals surface area contributed by atoms with E-state index in [1.807, 2.05) is 60.7 Å². The molecule has 3 heteroatoms. The molecular weight excluding hydrogens is 298 g/mol. The second-order valence-electron chi connectivity index (χ2n) is 5.33. The van der Waals surface area contributed by atoms with Crippen LogP contribution < -0.4 is 9.47 Å². The highest BCUT2D eigenvalue weighted by Gasteiger charge is 2.08. The number of rotatable bonds is 5. The van der Waals surface area contributed by atoms with Crippen LogP contribution in [0.15, 0.2) is 72.8 Å². The number of benzene rings is 3. The molecule has 0 heterocycles. The number of nitrogens with zero attached hydrogens (tertiary/aromatic N) is 1. The van der Waals surface area contributed by atoms with Crippen molar-refractivity contribution in [3.05, 3.63) is 83.9 Å². The number of nitriles is 1. The Bertz CT molecular complexity index is 867. The van der Waals surface area contributed by atoms with Crippen molar-refractivity contribution in [3.63, 3.8) is 0 Å². The van der Waals surface area contributed by atoms with E-state index in [0.29, 0.717) is 12.2 Å². The standard InChI is InChI=1S/C21H17NO2/c1-23-19-11-10-18(14-22)21(13-19)17-8-5-9-20(12-17)24-15-16-6-3-2-4-7-16/h2-13H,15H2,1H3. The lowest BCUT2D eigenvalue weighted by atomic mass is 10.00. The van der Waals surface area contributed by atoms with E-state index >= 15 is 0 Å². The van der Waals surface area contributed by atoms with Gasteiger partial charge < -0.3 is 9.47 Å². The van der Waals surface area contributed by atoms with Crippen molar-refractivity contribution in [3.8, 4) is 28.7 Å². The van der Waals surface area contributed by atoms with Gasteiger partial charge in [-0.25, -0.2) is 0 Å². The van der Waals surface area contributed by atoms with Crippen molar-refractivity contribution in [2.45, 2.75) is 6.61 Å². The molecule has 0 saturated carbocycles. The summed E-state index contributed by atoms with van der Waals surface area (Å²) in [4.78, 5) is 0. The quantitative estimate of drug-likeness (QED) is 0.678. The molecule has 3 aromatic rings. The topological polar surface area (TPSA) is 42.2 Å². The Morgan fingerprint density at radius 1 is 0.875 bits per heavy atom. The third-order valence-corrected chi connectivity index (χ3v) is 3.74. The second-order valence-corrected chi connectivity index (χ2v) is 5.33. The van der Waals surface area contributed by atoms with Gasteiger partial charge in [-0.15, -0.1) is 0 Å². The van der Waals surface area contributed by atoms with Crippen LogP contribution in [0.2, 0.25) is 0 Å². The van der Waals surface area contributed by atoms with E-state index in [9.17, 15) is 5.26 Å². The summed E-state index contributed by atoms with van der Waals surface area (Å²) in [6.45, 7) is 0.507. The minimum atomic E-state index is 0.507. The first-order valence-electron chi connectivity index (χ1n) is 7.65. The minimum Gasteiger partial charge on any atom is -0.497 e. The first kappa shape index (κ1) is 15.6. The van der Waals surface area contributed by atoms with Crippen molar-refractivity contribution in [1.82, 2.24) is 0 Å². The number of hydrogen-bond acceptors (Lipinski definition) is 3. The summed E-state index contributed by atoms with van der Waals surface area (Å²) >= 11 is 0. The van der Waals surface area contributed by atoms with Gasteiger partial charge in [0.15, 0.2) is 0 Å². The Morgan fingerprint density at radius 2 is 1.71 bits per heavy atom. The van der Waals surface area contributed by atoms with E-state index in [1.165, 1.54) is 0 Å². The van der Waals surface area contributed by atoms with Crippen molar-refractivity contribution in [2.24, 2.45) is 0 Å². The Balaban J connectivity index is 1.87. The van der Waals surface area contributed by atoms with Crippen LogP contribution in [-0.2, 0) is 6.61 Å². The van der Waals surface area contributed by atoms with Gasteiger partial charge in [0.25, 0.3) is 0 Å². The molecule has 0 bridgehead atoms. The normalized spacial score (nSPS) is 10.0. The molecule has 24 heavy (non-hydrogen) atoms. The predicted molar refractivity (Wildman–Crippen MR) is 93.9 cm³/mol. The third-order valence-electron chi connectivity index (χ3n) is 3.74. The van der Waals surface area contributed by atoms with Crippen LogP contribution in [-0.4, -0.2) is 7.11 Å². The van der Waals surface area contributed by atoms with Crippen molar-refractivity contribution >= 4 is 0 Å². The Hall–Kier alpha value is -3.25. The van der Waals surface area contributed by atoms with Gasteiger partial charge in [-0.1, -0.05) is 42.5 Å². The summed E-state index contributed by atoms with van der Waals surface area (Å²) in [5, 5.41) is 9.34. The van der Waals surface area contributed by atoms with Gasteiger partial charge in [0, 0.05) is 5.56 Å². The highest BCUT2D eigenvalue weighted by molar-refractivity contribution is 5.73. The highest BCUT2D eigenvalue weighted by Crippen LogP contribution is 2.30. The Kier molecular flexibility index (Phi) is 4.78. The van der Waals surface area contributed by atoms with Gasteiger partial charge in [0.05, 0.1) is 18.7 Å². The van der Waals surface area contributed by atoms with Gasteiger partial charge in [-0.3, -0.25) is 0 Å². The van der Waals surface area contributed by atoms with E-state index in [2.05, 4.69) is 6.07 Å². The van der Waals surface area contributed by atoms with Crippen LogP contribution >= 0.6 is 0 Å². The summed E-state index contributed by atoms with van der Waals surface area (Å²) in [6, 6.07) is 25.4. The van der Waals surface area contributed by atoms with Gasteiger partial charge in [0.2, 0.25) is 0 Å². The van der Waals surface area contributed by atoms with Crippen molar-refractivity contribution < 1.29 is 9.47 Å². The van der Waals surface area contributed by atoms with Crippen LogP contribution in [0.3, 0.4) is 0 Å². The van der Waals surface area contributed by atoms with Gasteiger partial charge in [-0.05, 0) is 41.5 Å². The molecule has 0 N–H and O–H groups in total. The van der Waals surface area contributed by atoms with E-state index in [0.717, 1.165) is 28.2 Å². The van der Waals surface area contributed by atoms with Crippen LogP contribution in [0.5, 0.6) is 11.5 Å². The molecule has 0 fully saturated rings. The average molecular weight is 315 g/mol. The molecule has 118 valence electrons. The lowest BCUT2D eigenvalue weighted by Gasteiger charge is -2.10. The van der Waals surface area contributed by atoms with Crippen LogP contribution in [0.25, 0.3) is 11.1 Å². The number of methoxy groups -OCH3 is 1. The summed E-state index contributed by atoms with van der Waals surface area (Å²) in [5.74, 6) is 1.49. The summed E-state index contributed by atoms with van der Waals surface area (Å²) < 4.78 is 11.1. The Morgan fingerprint density at radius 3 is 2.46 bits per heavy atom. The SMILES string of the molecule is COc1ccc(C#N)c(-c2cccc(OCc3ccccc3)c2)c1. The smallest absolute Gasteiger partial charge is 0.120 e. The zero-order valence-electron chi connectivity index (χ0n) is 13.4. The van der Waals surface area contributed by atoms with E-state index in [4.69, 9.17) is 9.47 Å².